The molecule has 0 saturated heterocycles. The molecule has 0 atom stereocenters. The molecule has 118 valence electrons. The lowest BCUT2D eigenvalue weighted by Crippen LogP contribution is -2.05. The van der Waals surface area contributed by atoms with Crippen molar-refractivity contribution >= 4 is 33.1 Å². The van der Waals surface area contributed by atoms with Crippen molar-refractivity contribution < 1.29 is 14.3 Å². The molecule has 23 heavy (non-hydrogen) atoms. The van der Waals surface area contributed by atoms with E-state index in [2.05, 4.69) is 10.3 Å². The summed E-state index contributed by atoms with van der Waals surface area (Å²) in [6.07, 6.45) is 0. The second-order valence-electron chi connectivity index (χ2n) is 4.94. The quantitative estimate of drug-likeness (QED) is 0.773. The maximum Gasteiger partial charge on any atom is 0.221 e. The first-order valence-corrected chi connectivity index (χ1v) is 7.89. The molecule has 1 amide bonds. The zero-order valence-corrected chi connectivity index (χ0v) is 13.6. The Morgan fingerprint density at radius 1 is 1.17 bits per heavy atom. The average Bonchev–Trinajstić information content (AvgIpc) is 2.95. The third-order valence-corrected chi connectivity index (χ3v) is 4.17. The number of ether oxygens (including phenoxy) is 2. The fourth-order valence-electron chi connectivity index (χ4n) is 2.12. The first-order valence-electron chi connectivity index (χ1n) is 7.08. The molecule has 0 radical (unpaired) electrons. The van der Waals surface area contributed by atoms with Crippen molar-refractivity contribution in [3.05, 3.63) is 47.5 Å². The molecule has 2 aromatic carbocycles. The van der Waals surface area contributed by atoms with Gasteiger partial charge in [0.15, 0.2) is 0 Å². The number of hydrogen-bond acceptors (Lipinski definition) is 5. The number of carbonyl (C=O) groups is 1. The van der Waals surface area contributed by atoms with E-state index in [9.17, 15) is 4.79 Å². The Labute approximate surface area is 137 Å². The average molecular weight is 328 g/mol. The van der Waals surface area contributed by atoms with Gasteiger partial charge in [0.25, 0.3) is 0 Å². The van der Waals surface area contributed by atoms with Crippen LogP contribution < -0.4 is 14.8 Å². The number of rotatable bonds is 5. The fourth-order valence-corrected chi connectivity index (χ4v) is 3.03. The summed E-state index contributed by atoms with van der Waals surface area (Å²) in [5.74, 6) is 1.46. The van der Waals surface area contributed by atoms with Crippen molar-refractivity contribution in [3.8, 4) is 11.5 Å². The standard InChI is InChI=1S/C17H16N2O3S/c1-11(20)18-12-3-5-13(6-4-12)22-10-17-19-15-8-7-14(21-2)9-16(15)23-17/h3-9H,10H2,1-2H3,(H,18,20). The molecule has 0 aliphatic carbocycles. The van der Waals surface area contributed by atoms with Crippen molar-refractivity contribution in [3.63, 3.8) is 0 Å². The molecular formula is C17H16N2O3S. The highest BCUT2D eigenvalue weighted by Gasteiger charge is 2.06. The van der Waals surface area contributed by atoms with E-state index in [-0.39, 0.29) is 5.91 Å². The zero-order valence-electron chi connectivity index (χ0n) is 12.8. The molecule has 1 heterocycles. The number of fused-ring (bicyclic) bond motifs is 1. The molecule has 1 aromatic heterocycles. The van der Waals surface area contributed by atoms with Crippen LogP contribution in [0.15, 0.2) is 42.5 Å². The molecule has 1 N–H and O–H groups in total. The Morgan fingerprint density at radius 3 is 2.61 bits per heavy atom. The number of thiazole rings is 1. The zero-order chi connectivity index (χ0) is 16.2. The summed E-state index contributed by atoms with van der Waals surface area (Å²) in [7, 11) is 1.65. The molecule has 0 bridgehead atoms. The Bertz CT molecular complexity index is 827. The van der Waals surface area contributed by atoms with Crippen molar-refractivity contribution in [1.29, 1.82) is 0 Å². The largest absolute Gasteiger partial charge is 0.497 e. The van der Waals surface area contributed by atoms with Gasteiger partial charge in [-0.25, -0.2) is 4.98 Å². The van der Waals surface area contributed by atoms with Gasteiger partial charge in [0.1, 0.15) is 23.1 Å². The number of anilines is 1. The number of carbonyl (C=O) groups excluding carboxylic acids is 1. The maximum absolute atomic E-state index is 11.0. The minimum absolute atomic E-state index is 0.0939. The lowest BCUT2D eigenvalue weighted by atomic mass is 10.3. The van der Waals surface area contributed by atoms with E-state index in [1.165, 1.54) is 6.92 Å². The van der Waals surface area contributed by atoms with E-state index in [1.54, 1.807) is 30.6 Å². The van der Waals surface area contributed by atoms with Crippen LogP contribution in [0.25, 0.3) is 10.2 Å². The summed E-state index contributed by atoms with van der Waals surface area (Å²) in [6.45, 7) is 1.88. The molecule has 3 aromatic rings. The van der Waals surface area contributed by atoms with Crippen molar-refractivity contribution in [2.24, 2.45) is 0 Å². The number of amides is 1. The Kier molecular flexibility index (Phi) is 4.43. The SMILES string of the molecule is COc1ccc2nc(COc3ccc(NC(C)=O)cc3)sc2c1. The summed E-state index contributed by atoms with van der Waals surface area (Å²) in [6, 6.07) is 13.1. The number of nitrogens with one attached hydrogen (secondary N) is 1. The van der Waals surface area contributed by atoms with E-state index in [1.807, 2.05) is 30.3 Å². The van der Waals surface area contributed by atoms with Crippen LogP contribution in [0.5, 0.6) is 11.5 Å². The number of hydrogen-bond donors (Lipinski definition) is 1. The molecule has 0 fully saturated rings. The first-order chi connectivity index (χ1) is 11.1. The van der Waals surface area contributed by atoms with Crippen LogP contribution >= 0.6 is 11.3 Å². The summed E-state index contributed by atoms with van der Waals surface area (Å²) in [4.78, 5) is 15.5. The monoisotopic (exact) mass is 328 g/mol. The van der Waals surface area contributed by atoms with Crippen LogP contribution in [0.2, 0.25) is 0 Å². The van der Waals surface area contributed by atoms with E-state index in [0.717, 1.165) is 32.4 Å². The molecule has 0 saturated carbocycles. The molecule has 6 heteroatoms. The van der Waals surface area contributed by atoms with Gasteiger partial charge in [0.2, 0.25) is 5.91 Å². The minimum Gasteiger partial charge on any atom is -0.497 e. The van der Waals surface area contributed by atoms with Crippen molar-refractivity contribution in [1.82, 2.24) is 4.98 Å². The van der Waals surface area contributed by atoms with Gasteiger partial charge in [-0.15, -0.1) is 11.3 Å². The number of nitrogens with zero attached hydrogens (tertiary/aromatic N) is 1. The fraction of sp³-hybridized carbons (Fsp3) is 0.176. The maximum atomic E-state index is 11.0. The molecular weight excluding hydrogens is 312 g/mol. The molecule has 0 unspecified atom stereocenters. The third kappa shape index (κ3) is 3.78. The lowest BCUT2D eigenvalue weighted by Gasteiger charge is -2.05. The molecule has 0 aliphatic heterocycles. The summed E-state index contributed by atoms with van der Waals surface area (Å²) in [5, 5.41) is 3.62. The van der Waals surface area contributed by atoms with Gasteiger partial charge >= 0.3 is 0 Å². The predicted molar refractivity (Wildman–Crippen MR) is 91.2 cm³/mol. The highest BCUT2D eigenvalue weighted by molar-refractivity contribution is 7.18. The van der Waals surface area contributed by atoms with E-state index >= 15 is 0 Å². The molecule has 3 rings (SSSR count). The van der Waals surface area contributed by atoms with E-state index < -0.39 is 0 Å². The normalized spacial score (nSPS) is 10.5. The summed E-state index contributed by atoms with van der Waals surface area (Å²) < 4.78 is 12.0. The van der Waals surface area contributed by atoms with Gasteiger partial charge in [0.05, 0.1) is 17.3 Å². The van der Waals surface area contributed by atoms with Crippen LogP contribution in [-0.2, 0) is 11.4 Å². The van der Waals surface area contributed by atoms with Gasteiger partial charge in [0, 0.05) is 12.6 Å². The van der Waals surface area contributed by atoms with Gasteiger partial charge in [-0.05, 0) is 42.5 Å². The smallest absolute Gasteiger partial charge is 0.221 e. The topological polar surface area (TPSA) is 60.5 Å². The van der Waals surface area contributed by atoms with Gasteiger partial charge < -0.3 is 14.8 Å². The third-order valence-electron chi connectivity index (χ3n) is 3.18. The van der Waals surface area contributed by atoms with Gasteiger partial charge in [-0.3, -0.25) is 4.79 Å². The molecule has 5 nitrogen and oxygen atoms in total. The van der Waals surface area contributed by atoms with Gasteiger partial charge in [-0.1, -0.05) is 0 Å². The Morgan fingerprint density at radius 2 is 1.91 bits per heavy atom. The first kappa shape index (κ1) is 15.3. The lowest BCUT2D eigenvalue weighted by molar-refractivity contribution is -0.114. The number of methoxy groups -OCH3 is 1. The van der Waals surface area contributed by atoms with Crippen LogP contribution in [0, 0.1) is 0 Å². The Hall–Kier alpha value is -2.60. The molecule has 0 aliphatic rings. The number of aromatic nitrogens is 1. The van der Waals surface area contributed by atoms with Crippen LogP contribution in [0.1, 0.15) is 11.9 Å². The highest BCUT2D eigenvalue weighted by Crippen LogP contribution is 2.27. The van der Waals surface area contributed by atoms with E-state index in [4.69, 9.17) is 9.47 Å². The summed E-state index contributed by atoms with van der Waals surface area (Å²) >= 11 is 1.58. The van der Waals surface area contributed by atoms with Crippen molar-refractivity contribution in [2.75, 3.05) is 12.4 Å². The molecule has 0 spiro atoms. The highest BCUT2D eigenvalue weighted by atomic mass is 32.1. The Balaban J connectivity index is 1.66. The van der Waals surface area contributed by atoms with E-state index in [0.29, 0.717) is 6.61 Å². The second-order valence-corrected chi connectivity index (χ2v) is 6.05. The second kappa shape index (κ2) is 6.66. The predicted octanol–water partition coefficient (Wildman–Crippen LogP) is 3.84. The summed E-state index contributed by atoms with van der Waals surface area (Å²) in [5.41, 5.74) is 1.69. The number of benzene rings is 2. The van der Waals surface area contributed by atoms with Gasteiger partial charge in [-0.2, -0.15) is 0 Å². The van der Waals surface area contributed by atoms with Crippen LogP contribution in [0.3, 0.4) is 0 Å². The van der Waals surface area contributed by atoms with Crippen LogP contribution in [0.4, 0.5) is 5.69 Å². The van der Waals surface area contributed by atoms with Crippen molar-refractivity contribution in [2.45, 2.75) is 13.5 Å². The van der Waals surface area contributed by atoms with Crippen LogP contribution in [-0.4, -0.2) is 18.0 Å². The minimum atomic E-state index is -0.0939.